The number of aliphatic hydroxyl groups is 1. The van der Waals surface area contributed by atoms with E-state index in [4.69, 9.17) is 5.73 Å². The van der Waals surface area contributed by atoms with Crippen LogP contribution in [-0.4, -0.2) is 39.9 Å². The number of anilines is 1. The molecular weight excluding hydrogens is 303 g/mol. The van der Waals surface area contributed by atoms with Gasteiger partial charge >= 0.3 is 6.18 Å². The molecular formula is C10H15ClF3N3OS. The van der Waals surface area contributed by atoms with Crippen molar-refractivity contribution in [2.24, 2.45) is 0 Å². The van der Waals surface area contributed by atoms with Crippen molar-refractivity contribution in [1.29, 1.82) is 0 Å². The molecule has 0 bridgehead atoms. The number of nitrogens with zero attached hydrogens (tertiary/aromatic N) is 2. The van der Waals surface area contributed by atoms with Crippen LogP contribution in [0.4, 0.5) is 18.3 Å². The molecule has 0 saturated carbocycles. The molecule has 0 aromatic carbocycles. The van der Waals surface area contributed by atoms with E-state index in [9.17, 15) is 18.3 Å². The molecule has 0 amide bonds. The number of halogens is 4. The number of aliphatic hydroxyl groups excluding tert-OH is 1. The van der Waals surface area contributed by atoms with E-state index in [2.05, 4.69) is 4.98 Å². The Bertz CT molecular complexity index is 415. The highest BCUT2D eigenvalue weighted by atomic mass is 35.5. The normalized spacial score (nSPS) is 22.2. The van der Waals surface area contributed by atoms with Gasteiger partial charge in [-0.15, -0.1) is 23.7 Å². The molecule has 3 N–H and O–H groups in total. The van der Waals surface area contributed by atoms with Crippen LogP contribution in [0.15, 0.2) is 6.20 Å². The minimum Gasteiger partial charge on any atom is -0.382 e. The van der Waals surface area contributed by atoms with Gasteiger partial charge in [0.05, 0.1) is 0 Å². The SMILES string of the molecule is Cl.Nc1ncc(CN2CCCC2C(O)C(F)(F)F)s1. The summed E-state index contributed by atoms with van der Waals surface area (Å²) in [5, 5.41) is 9.74. The van der Waals surface area contributed by atoms with Crippen molar-refractivity contribution in [1.82, 2.24) is 9.88 Å². The van der Waals surface area contributed by atoms with Crippen molar-refractivity contribution in [2.75, 3.05) is 12.3 Å². The van der Waals surface area contributed by atoms with Gasteiger partial charge in [-0.05, 0) is 19.4 Å². The number of rotatable bonds is 3. The van der Waals surface area contributed by atoms with Crippen LogP contribution in [0.2, 0.25) is 0 Å². The van der Waals surface area contributed by atoms with E-state index in [1.807, 2.05) is 0 Å². The van der Waals surface area contributed by atoms with Crippen molar-refractivity contribution in [3.63, 3.8) is 0 Å². The maximum absolute atomic E-state index is 12.5. The third-order valence-electron chi connectivity index (χ3n) is 3.04. The van der Waals surface area contributed by atoms with E-state index in [1.165, 1.54) is 11.3 Å². The van der Waals surface area contributed by atoms with Crippen molar-refractivity contribution < 1.29 is 18.3 Å². The summed E-state index contributed by atoms with van der Waals surface area (Å²) in [5.41, 5.74) is 5.48. The van der Waals surface area contributed by atoms with Crippen molar-refractivity contribution in [3.8, 4) is 0 Å². The Morgan fingerprint density at radius 1 is 1.58 bits per heavy atom. The van der Waals surface area contributed by atoms with Gasteiger partial charge in [-0.3, -0.25) is 4.90 Å². The lowest BCUT2D eigenvalue weighted by Gasteiger charge is -2.29. The van der Waals surface area contributed by atoms with Crippen LogP contribution in [0.5, 0.6) is 0 Å². The first-order chi connectivity index (χ1) is 8.38. The lowest BCUT2D eigenvalue weighted by molar-refractivity contribution is -0.219. The van der Waals surface area contributed by atoms with Crippen molar-refractivity contribution >= 4 is 28.9 Å². The minimum atomic E-state index is -4.57. The molecule has 2 unspecified atom stereocenters. The number of hydrogen-bond acceptors (Lipinski definition) is 5. The number of hydrogen-bond donors (Lipinski definition) is 2. The van der Waals surface area contributed by atoms with Gasteiger partial charge in [0.1, 0.15) is 0 Å². The molecule has 1 aliphatic heterocycles. The van der Waals surface area contributed by atoms with E-state index in [0.29, 0.717) is 31.1 Å². The van der Waals surface area contributed by atoms with Gasteiger partial charge in [0.25, 0.3) is 0 Å². The van der Waals surface area contributed by atoms with Crippen LogP contribution in [0, 0.1) is 0 Å². The second-order valence-corrected chi connectivity index (χ2v) is 5.48. The maximum atomic E-state index is 12.5. The molecule has 1 aliphatic rings. The first-order valence-corrected chi connectivity index (χ1v) is 6.38. The van der Waals surface area contributed by atoms with E-state index in [1.54, 1.807) is 11.1 Å². The van der Waals surface area contributed by atoms with E-state index < -0.39 is 18.3 Å². The third kappa shape index (κ3) is 3.95. The van der Waals surface area contributed by atoms with Crippen LogP contribution < -0.4 is 5.73 Å². The third-order valence-corrected chi connectivity index (χ3v) is 3.86. The first kappa shape index (κ1) is 16.5. The van der Waals surface area contributed by atoms with Crippen LogP contribution in [0.3, 0.4) is 0 Å². The summed E-state index contributed by atoms with van der Waals surface area (Å²) < 4.78 is 37.5. The lowest BCUT2D eigenvalue weighted by atomic mass is 10.1. The highest BCUT2D eigenvalue weighted by Gasteiger charge is 2.46. The van der Waals surface area contributed by atoms with Crippen LogP contribution in [0.25, 0.3) is 0 Å². The molecule has 1 fully saturated rings. The molecule has 1 saturated heterocycles. The number of alkyl halides is 3. The van der Waals surface area contributed by atoms with Gasteiger partial charge < -0.3 is 10.8 Å². The van der Waals surface area contributed by atoms with Crippen LogP contribution in [0.1, 0.15) is 17.7 Å². The molecule has 1 aromatic heterocycles. The number of nitrogen functional groups attached to an aromatic ring is 1. The smallest absolute Gasteiger partial charge is 0.382 e. The molecule has 9 heteroatoms. The molecule has 2 atom stereocenters. The number of aromatic nitrogens is 1. The van der Waals surface area contributed by atoms with E-state index in [-0.39, 0.29) is 12.4 Å². The number of nitrogens with two attached hydrogens (primary N) is 1. The molecule has 0 radical (unpaired) electrons. The van der Waals surface area contributed by atoms with Gasteiger partial charge in [0.15, 0.2) is 11.2 Å². The quantitative estimate of drug-likeness (QED) is 0.895. The fraction of sp³-hybridized carbons (Fsp3) is 0.700. The monoisotopic (exact) mass is 317 g/mol. The fourth-order valence-electron chi connectivity index (χ4n) is 2.22. The summed E-state index contributed by atoms with van der Waals surface area (Å²) in [6, 6.07) is -0.867. The standard InChI is InChI=1S/C10H14F3N3OS.ClH/c11-10(12,13)8(17)7-2-1-3-16(7)5-6-4-15-9(14)18-6;/h4,7-8,17H,1-3,5H2,(H2,14,15);1H. The predicted octanol–water partition coefficient (Wildman–Crippen LogP) is 2.03. The summed E-state index contributed by atoms with van der Waals surface area (Å²) in [6.07, 6.45) is -4.28. The summed E-state index contributed by atoms with van der Waals surface area (Å²) in [6.45, 7) is 0.905. The summed E-state index contributed by atoms with van der Waals surface area (Å²) in [7, 11) is 0. The number of thiazole rings is 1. The average Bonchev–Trinajstić information content (AvgIpc) is 2.86. The Balaban J connectivity index is 0.00000180. The largest absolute Gasteiger partial charge is 0.415 e. The zero-order valence-electron chi connectivity index (χ0n) is 9.93. The Morgan fingerprint density at radius 2 is 2.26 bits per heavy atom. The minimum absolute atomic E-state index is 0. The first-order valence-electron chi connectivity index (χ1n) is 5.57. The second-order valence-electron chi connectivity index (χ2n) is 4.33. The summed E-state index contributed by atoms with van der Waals surface area (Å²) in [4.78, 5) is 6.32. The summed E-state index contributed by atoms with van der Waals surface area (Å²) in [5.74, 6) is 0. The van der Waals surface area contributed by atoms with Gasteiger partial charge in [-0.1, -0.05) is 0 Å². The fourth-order valence-corrected chi connectivity index (χ4v) is 2.93. The van der Waals surface area contributed by atoms with Crippen molar-refractivity contribution in [2.45, 2.75) is 37.7 Å². The molecule has 110 valence electrons. The van der Waals surface area contributed by atoms with Crippen molar-refractivity contribution in [3.05, 3.63) is 11.1 Å². The van der Waals surface area contributed by atoms with Gasteiger partial charge in [0, 0.05) is 23.7 Å². The number of likely N-dealkylation sites (tertiary alicyclic amines) is 1. The van der Waals surface area contributed by atoms with Gasteiger partial charge in [-0.25, -0.2) is 4.98 Å². The highest BCUT2D eigenvalue weighted by molar-refractivity contribution is 7.15. The molecule has 4 nitrogen and oxygen atoms in total. The lowest BCUT2D eigenvalue weighted by Crippen LogP contribution is -2.46. The molecule has 2 rings (SSSR count). The average molecular weight is 318 g/mol. The molecule has 0 aliphatic carbocycles. The summed E-state index contributed by atoms with van der Waals surface area (Å²) >= 11 is 1.26. The topological polar surface area (TPSA) is 62.4 Å². The molecule has 1 aromatic rings. The maximum Gasteiger partial charge on any atom is 0.415 e. The Kier molecular flexibility index (Phi) is 5.43. The Morgan fingerprint density at radius 3 is 2.79 bits per heavy atom. The zero-order chi connectivity index (χ0) is 13.3. The van der Waals surface area contributed by atoms with Gasteiger partial charge in [0.2, 0.25) is 0 Å². The van der Waals surface area contributed by atoms with E-state index >= 15 is 0 Å². The highest BCUT2D eigenvalue weighted by Crippen LogP contribution is 2.32. The molecule has 2 heterocycles. The Hall–Kier alpha value is -0.570. The second kappa shape index (κ2) is 6.25. The van der Waals surface area contributed by atoms with Gasteiger partial charge in [-0.2, -0.15) is 13.2 Å². The van der Waals surface area contributed by atoms with Crippen LogP contribution >= 0.6 is 23.7 Å². The molecule has 0 spiro atoms. The predicted molar refractivity (Wildman–Crippen MR) is 69.3 cm³/mol. The van der Waals surface area contributed by atoms with Crippen LogP contribution in [-0.2, 0) is 6.54 Å². The molecule has 19 heavy (non-hydrogen) atoms. The van der Waals surface area contributed by atoms with E-state index in [0.717, 1.165) is 4.88 Å². The zero-order valence-corrected chi connectivity index (χ0v) is 11.6. The Labute approximate surface area is 118 Å².